The number of hydrogen-bond donors (Lipinski definition) is 2. The number of halogens is 1. The Bertz CT molecular complexity index is 836. The summed E-state index contributed by atoms with van der Waals surface area (Å²) in [7, 11) is 0. The van der Waals surface area contributed by atoms with E-state index in [1.807, 2.05) is 6.07 Å². The Labute approximate surface area is 162 Å². The molecule has 28 heavy (non-hydrogen) atoms. The van der Waals surface area contributed by atoms with Crippen molar-refractivity contribution in [1.82, 2.24) is 15.5 Å². The molecule has 0 aromatic heterocycles. The first-order valence-electron chi connectivity index (χ1n) is 9.90. The second kappa shape index (κ2) is 6.63. The van der Waals surface area contributed by atoms with Gasteiger partial charge in [0.25, 0.3) is 5.91 Å². The zero-order valence-corrected chi connectivity index (χ0v) is 15.5. The van der Waals surface area contributed by atoms with Crippen LogP contribution < -0.4 is 15.5 Å². The number of ketones is 1. The molecule has 0 aliphatic carbocycles. The van der Waals surface area contributed by atoms with Gasteiger partial charge in [-0.2, -0.15) is 0 Å². The number of fused-ring (bicyclic) bond motifs is 3. The Morgan fingerprint density at radius 2 is 1.96 bits per heavy atom. The van der Waals surface area contributed by atoms with Crippen molar-refractivity contribution in [3.8, 4) is 0 Å². The number of piperidine rings is 2. The number of amides is 1. The van der Waals surface area contributed by atoms with E-state index in [0.717, 1.165) is 24.3 Å². The zero-order chi connectivity index (χ0) is 19.4. The molecule has 4 fully saturated rings. The molecule has 2 bridgehead atoms. The highest BCUT2D eigenvalue weighted by atomic mass is 19.1. The van der Waals surface area contributed by atoms with Crippen LogP contribution in [0.1, 0.15) is 35.2 Å². The third kappa shape index (κ3) is 2.82. The number of benzene rings is 1. The number of nitrogens with zero attached hydrogens (tertiary/aromatic N) is 2. The van der Waals surface area contributed by atoms with Gasteiger partial charge in [0.2, 0.25) is 5.78 Å². The second-order valence-corrected chi connectivity index (χ2v) is 8.31. The van der Waals surface area contributed by atoms with Crippen LogP contribution in [0, 0.1) is 5.82 Å². The first-order chi connectivity index (χ1) is 13.5. The lowest BCUT2D eigenvalue weighted by Crippen LogP contribution is -2.67. The highest BCUT2D eigenvalue weighted by Gasteiger charge is 2.40. The van der Waals surface area contributed by atoms with Gasteiger partial charge in [-0.25, -0.2) is 4.39 Å². The first-order valence-corrected chi connectivity index (χ1v) is 9.90. The van der Waals surface area contributed by atoms with Gasteiger partial charge < -0.3 is 20.4 Å². The van der Waals surface area contributed by atoms with Crippen LogP contribution in [0.15, 0.2) is 12.1 Å². The molecule has 5 aliphatic heterocycles. The number of rotatable bonds is 4. The van der Waals surface area contributed by atoms with E-state index in [-0.39, 0.29) is 17.5 Å². The summed E-state index contributed by atoms with van der Waals surface area (Å²) in [5, 5.41) is 6.52. The van der Waals surface area contributed by atoms with Crippen LogP contribution >= 0.6 is 0 Å². The SMILES string of the molecule is O=CC(=O)C1CCC(N2Cc3cc(N4CC5CC(C4)N5)cc(F)c3C2=O)CN1. The summed E-state index contributed by atoms with van der Waals surface area (Å²) in [6, 6.07) is 3.81. The van der Waals surface area contributed by atoms with Crippen LogP contribution in [0.25, 0.3) is 0 Å². The number of hydrogen-bond acceptors (Lipinski definition) is 6. The maximum absolute atomic E-state index is 14.8. The number of nitrogens with one attached hydrogen (secondary N) is 2. The molecule has 7 nitrogen and oxygen atoms in total. The van der Waals surface area contributed by atoms with Crippen molar-refractivity contribution in [3.63, 3.8) is 0 Å². The van der Waals surface area contributed by atoms with Crippen molar-refractivity contribution < 1.29 is 18.8 Å². The number of Topliss-reactive ketones (excluding diaryl/α,β-unsaturated/α-hetero) is 1. The molecule has 6 rings (SSSR count). The van der Waals surface area contributed by atoms with E-state index < -0.39 is 17.6 Å². The molecule has 4 atom stereocenters. The summed E-state index contributed by atoms with van der Waals surface area (Å²) in [6.07, 6.45) is 2.64. The Hall–Kier alpha value is -2.32. The summed E-state index contributed by atoms with van der Waals surface area (Å²) in [6.45, 7) is 2.55. The van der Waals surface area contributed by atoms with E-state index >= 15 is 0 Å². The molecule has 1 aromatic carbocycles. The van der Waals surface area contributed by atoms with E-state index in [4.69, 9.17) is 0 Å². The molecular formula is C20H23FN4O3. The minimum atomic E-state index is -0.476. The normalized spacial score (nSPS) is 31.4. The lowest BCUT2D eigenvalue weighted by molar-refractivity contribution is -0.131. The van der Waals surface area contributed by atoms with Crippen LogP contribution in [0.3, 0.4) is 0 Å². The Morgan fingerprint density at radius 3 is 2.61 bits per heavy atom. The smallest absolute Gasteiger partial charge is 0.257 e. The average Bonchev–Trinajstić information content (AvgIpc) is 3.04. The summed E-state index contributed by atoms with van der Waals surface area (Å²) in [5.41, 5.74) is 1.76. The van der Waals surface area contributed by atoms with Gasteiger partial charge in [0, 0.05) is 50.0 Å². The van der Waals surface area contributed by atoms with Gasteiger partial charge >= 0.3 is 0 Å². The van der Waals surface area contributed by atoms with Crippen LogP contribution in [0.4, 0.5) is 10.1 Å². The standard InChI is InChI=1S/C20H23FN4O3/c21-16-5-15(24-8-12-4-13(9-24)23-12)3-11-7-25(20(28)19(11)16)14-1-2-17(22-6-14)18(27)10-26/h3,5,10,12-14,17,22-23H,1-2,4,6-9H2. The Balaban J connectivity index is 1.32. The molecule has 4 saturated heterocycles. The molecule has 1 aromatic rings. The number of carbonyl (C=O) groups excluding carboxylic acids is 3. The van der Waals surface area contributed by atoms with Crippen LogP contribution in [-0.4, -0.2) is 66.7 Å². The fourth-order valence-electron chi connectivity index (χ4n) is 5.05. The maximum Gasteiger partial charge on any atom is 0.257 e. The minimum Gasteiger partial charge on any atom is -0.368 e. The zero-order valence-electron chi connectivity index (χ0n) is 15.5. The largest absolute Gasteiger partial charge is 0.368 e. The summed E-state index contributed by atoms with van der Waals surface area (Å²) in [4.78, 5) is 38.9. The molecule has 5 aliphatic rings. The van der Waals surface area contributed by atoms with Gasteiger partial charge in [0.1, 0.15) is 5.82 Å². The predicted octanol–water partition coefficient (Wildman–Crippen LogP) is 0.221. The number of aldehydes is 1. The third-order valence-corrected chi connectivity index (χ3v) is 6.55. The van der Waals surface area contributed by atoms with Crippen LogP contribution in [-0.2, 0) is 16.1 Å². The highest BCUT2D eigenvalue weighted by molar-refractivity contribution is 6.27. The van der Waals surface area contributed by atoms with Gasteiger partial charge in [-0.1, -0.05) is 0 Å². The fourth-order valence-corrected chi connectivity index (χ4v) is 5.05. The van der Waals surface area contributed by atoms with Crippen molar-refractivity contribution in [2.75, 3.05) is 24.5 Å². The van der Waals surface area contributed by atoms with Gasteiger partial charge in [-0.15, -0.1) is 0 Å². The molecular weight excluding hydrogens is 363 g/mol. The number of piperazine rings is 1. The summed E-state index contributed by atoms with van der Waals surface area (Å²) >= 11 is 0. The Kier molecular flexibility index (Phi) is 4.21. The van der Waals surface area contributed by atoms with Gasteiger partial charge in [-0.05, 0) is 37.0 Å². The van der Waals surface area contributed by atoms with Crippen molar-refractivity contribution in [2.24, 2.45) is 0 Å². The third-order valence-electron chi connectivity index (χ3n) is 6.55. The summed E-state index contributed by atoms with van der Waals surface area (Å²) in [5.74, 6) is -1.20. The lowest BCUT2D eigenvalue weighted by atomic mass is 9.91. The van der Waals surface area contributed by atoms with Crippen LogP contribution in [0.5, 0.6) is 0 Å². The van der Waals surface area contributed by atoms with Crippen molar-refractivity contribution >= 4 is 23.7 Å². The molecule has 2 N–H and O–H groups in total. The van der Waals surface area contributed by atoms with Gasteiger partial charge in [0.15, 0.2) is 6.29 Å². The maximum atomic E-state index is 14.8. The monoisotopic (exact) mass is 386 g/mol. The van der Waals surface area contributed by atoms with E-state index in [0.29, 0.717) is 44.3 Å². The summed E-state index contributed by atoms with van der Waals surface area (Å²) < 4.78 is 14.8. The Morgan fingerprint density at radius 1 is 1.21 bits per heavy atom. The van der Waals surface area contributed by atoms with Crippen molar-refractivity contribution in [3.05, 3.63) is 29.1 Å². The predicted molar refractivity (Wildman–Crippen MR) is 99.7 cm³/mol. The number of anilines is 1. The average molecular weight is 386 g/mol. The van der Waals surface area contributed by atoms with Crippen molar-refractivity contribution in [2.45, 2.75) is 50.0 Å². The van der Waals surface area contributed by atoms with E-state index in [9.17, 15) is 18.8 Å². The van der Waals surface area contributed by atoms with E-state index in [1.165, 1.54) is 12.5 Å². The quantitative estimate of drug-likeness (QED) is 0.569. The minimum absolute atomic E-state index is 0.106. The molecule has 4 unspecified atom stereocenters. The van der Waals surface area contributed by atoms with Gasteiger partial charge in [0.05, 0.1) is 11.6 Å². The first kappa shape index (κ1) is 17.8. The molecule has 5 heterocycles. The number of carbonyl (C=O) groups is 3. The second-order valence-electron chi connectivity index (χ2n) is 8.31. The highest BCUT2D eigenvalue weighted by Crippen LogP contribution is 2.34. The topological polar surface area (TPSA) is 81.8 Å². The molecule has 8 heteroatoms. The molecule has 1 amide bonds. The fraction of sp³-hybridized carbons (Fsp3) is 0.550. The lowest BCUT2D eigenvalue weighted by Gasteiger charge is -2.49. The van der Waals surface area contributed by atoms with Crippen LogP contribution in [0.2, 0.25) is 0 Å². The molecule has 148 valence electrons. The molecule has 0 spiro atoms. The molecule has 0 saturated carbocycles. The van der Waals surface area contributed by atoms with Gasteiger partial charge in [-0.3, -0.25) is 14.4 Å². The van der Waals surface area contributed by atoms with E-state index in [1.54, 1.807) is 4.90 Å². The van der Waals surface area contributed by atoms with Crippen molar-refractivity contribution in [1.29, 1.82) is 0 Å². The molecule has 0 radical (unpaired) electrons. The van der Waals surface area contributed by atoms with E-state index in [2.05, 4.69) is 15.5 Å².